The molecule has 4 nitrogen and oxygen atoms in total. The summed E-state index contributed by atoms with van der Waals surface area (Å²) in [6, 6.07) is 9.63. The highest BCUT2D eigenvalue weighted by molar-refractivity contribution is 6.01. The van der Waals surface area contributed by atoms with E-state index in [9.17, 15) is 4.79 Å². The van der Waals surface area contributed by atoms with Crippen molar-refractivity contribution in [2.24, 2.45) is 0 Å². The summed E-state index contributed by atoms with van der Waals surface area (Å²) in [6.07, 6.45) is 5.47. The van der Waals surface area contributed by atoms with E-state index in [2.05, 4.69) is 4.98 Å². The molecule has 0 N–H and O–H groups in total. The summed E-state index contributed by atoms with van der Waals surface area (Å²) in [7, 11) is 1.40. The number of hydrogen-bond acceptors (Lipinski definition) is 3. The smallest absolute Gasteiger partial charge is 0.340 e. The van der Waals surface area contributed by atoms with Gasteiger partial charge in [-0.25, -0.2) is 4.79 Å². The quantitative estimate of drug-likeness (QED) is 0.669. The minimum Gasteiger partial charge on any atom is -0.465 e. The molecule has 0 aromatic carbocycles. The number of carbonyl (C=O) groups is 1. The summed E-state index contributed by atoms with van der Waals surface area (Å²) < 4.78 is 6.91. The molecule has 100 valence electrons. The Morgan fingerprint density at radius 1 is 1.25 bits per heavy atom. The van der Waals surface area contributed by atoms with Gasteiger partial charge in [0.1, 0.15) is 0 Å². The highest BCUT2D eigenvalue weighted by Crippen LogP contribution is 2.31. The molecule has 0 aliphatic carbocycles. The van der Waals surface area contributed by atoms with Gasteiger partial charge in [-0.05, 0) is 36.8 Å². The van der Waals surface area contributed by atoms with E-state index in [0.29, 0.717) is 5.56 Å². The fourth-order valence-electron chi connectivity index (χ4n) is 2.55. The van der Waals surface area contributed by atoms with Gasteiger partial charge >= 0.3 is 5.97 Å². The molecule has 0 unspecified atom stereocenters. The third-order valence-electron chi connectivity index (χ3n) is 3.41. The Balaban J connectivity index is 2.39. The molecule has 0 fully saturated rings. The molecule has 20 heavy (non-hydrogen) atoms. The van der Waals surface area contributed by atoms with E-state index in [4.69, 9.17) is 4.74 Å². The first-order valence-corrected chi connectivity index (χ1v) is 6.32. The number of fused-ring (bicyclic) bond motifs is 1. The Morgan fingerprint density at radius 2 is 2.10 bits per heavy atom. The van der Waals surface area contributed by atoms with Gasteiger partial charge in [-0.3, -0.25) is 4.98 Å². The molecule has 0 amide bonds. The monoisotopic (exact) mass is 266 g/mol. The maximum absolute atomic E-state index is 12.0. The number of rotatable bonds is 2. The number of nitrogens with zero attached hydrogens (tertiary/aromatic N) is 2. The van der Waals surface area contributed by atoms with Crippen LogP contribution < -0.4 is 0 Å². The van der Waals surface area contributed by atoms with E-state index in [1.165, 1.54) is 7.11 Å². The van der Waals surface area contributed by atoms with Crippen molar-refractivity contribution >= 4 is 11.5 Å². The first kappa shape index (κ1) is 12.4. The predicted octanol–water partition coefficient (Wildman–Crippen LogP) is 3.10. The van der Waals surface area contributed by atoms with Crippen molar-refractivity contribution in [1.29, 1.82) is 0 Å². The Labute approximate surface area is 116 Å². The van der Waals surface area contributed by atoms with Crippen LogP contribution in [-0.4, -0.2) is 22.5 Å². The van der Waals surface area contributed by atoms with Crippen LogP contribution in [0.4, 0.5) is 0 Å². The molecule has 0 spiro atoms. The highest BCUT2D eigenvalue weighted by atomic mass is 16.5. The van der Waals surface area contributed by atoms with Gasteiger partial charge in [0.05, 0.1) is 23.9 Å². The van der Waals surface area contributed by atoms with Crippen molar-refractivity contribution in [2.75, 3.05) is 7.11 Å². The fourth-order valence-corrected chi connectivity index (χ4v) is 2.55. The van der Waals surface area contributed by atoms with Crippen LogP contribution in [0, 0.1) is 6.92 Å². The molecular weight excluding hydrogens is 252 g/mol. The van der Waals surface area contributed by atoms with Crippen LogP contribution in [0.25, 0.3) is 16.8 Å². The van der Waals surface area contributed by atoms with E-state index in [1.807, 2.05) is 47.9 Å². The summed E-state index contributed by atoms with van der Waals surface area (Å²) in [5.74, 6) is -0.318. The molecule has 3 heterocycles. The number of hydrogen-bond donors (Lipinski definition) is 0. The number of aromatic nitrogens is 2. The van der Waals surface area contributed by atoms with Crippen LogP contribution in [0.5, 0.6) is 0 Å². The number of methoxy groups -OCH3 is 1. The predicted molar refractivity (Wildman–Crippen MR) is 76.7 cm³/mol. The van der Waals surface area contributed by atoms with Crippen molar-refractivity contribution in [2.45, 2.75) is 6.92 Å². The van der Waals surface area contributed by atoms with Crippen molar-refractivity contribution in [3.63, 3.8) is 0 Å². The van der Waals surface area contributed by atoms with E-state index >= 15 is 0 Å². The van der Waals surface area contributed by atoms with Crippen molar-refractivity contribution in [3.8, 4) is 11.3 Å². The van der Waals surface area contributed by atoms with Crippen LogP contribution in [0.1, 0.15) is 15.9 Å². The third-order valence-corrected chi connectivity index (χ3v) is 3.41. The molecule has 0 saturated carbocycles. The minimum atomic E-state index is -0.318. The van der Waals surface area contributed by atoms with Crippen LogP contribution in [-0.2, 0) is 4.74 Å². The zero-order valence-corrected chi connectivity index (χ0v) is 11.3. The Morgan fingerprint density at radius 3 is 2.80 bits per heavy atom. The second-order valence-corrected chi connectivity index (χ2v) is 4.54. The van der Waals surface area contributed by atoms with Gasteiger partial charge in [0.25, 0.3) is 0 Å². The molecular formula is C16H14N2O2. The number of pyridine rings is 2. The summed E-state index contributed by atoms with van der Waals surface area (Å²) in [5.41, 5.74) is 4.29. The van der Waals surface area contributed by atoms with E-state index in [0.717, 1.165) is 22.3 Å². The highest BCUT2D eigenvalue weighted by Gasteiger charge is 2.21. The molecule has 3 rings (SSSR count). The first-order valence-electron chi connectivity index (χ1n) is 6.32. The summed E-state index contributed by atoms with van der Waals surface area (Å²) >= 11 is 0. The van der Waals surface area contributed by atoms with Crippen LogP contribution in [0.3, 0.4) is 0 Å². The van der Waals surface area contributed by atoms with E-state index < -0.39 is 0 Å². The lowest BCUT2D eigenvalue weighted by atomic mass is 10.1. The molecule has 0 radical (unpaired) electrons. The van der Waals surface area contributed by atoms with Gasteiger partial charge in [0, 0.05) is 24.2 Å². The molecule has 0 bridgehead atoms. The first-order chi connectivity index (χ1) is 9.74. The zero-order valence-electron chi connectivity index (χ0n) is 11.3. The average Bonchev–Trinajstić information content (AvgIpc) is 2.79. The maximum atomic E-state index is 12.0. The van der Waals surface area contributed by atoms with Gasteiger partial charge < -0.3 is 9.14 Å². The van der Waals surface area contributed by atoms with Gasteiger partial charge in [0.2, 0.25) is 0 Å². The van der Waals surface area contributed by atoms with Crippen LogP contribution in [0.15, 0.2) is 48.9 Å². The summed E-state index contributed by atoms with van der Waals surface area (Å²) in [6.45, 7) is 1.93. The maximum Gasteiger partial charge on any atom is 0.340 e. The normalized spacial score (nSPS) is 10.7. The van der Waals surface area contributed by atoms with Crippen LogP contribution in [0.2, 0.25) is 0 Å². The lowest BCUT2D eigenvalue weighted by molar-refractivity contribution is 0.0602. The second-order valence-electron chi connectivity index (χ2n) is 4.54. The molecule has 0 aliphatic heterocycles. The molecule has 3 aromatic rings. The zero-order chi connectivity index (χ0) is 14.1. The topological polar surface area (TPSA) is 43.6 Å². The van der Waals surface area contributed by atoms with Crippen molar-refractivity contribution in [1.82, 2.24) is 9.38 Å². The molecule has 0 aliphatic rings. The third kappa shape index (κ3) is 1.77. The number of ether oxygens (including phenoxy) is 1. The number of carbonyl (C=O) groups excluding carboxylic acids is 1. The Kier molecular flexibility index (Phi) is 2.99. The van der Waals surface area contributed by atoms with E-state index in [1.54, 1.807) is 12.4 Å². The molecule has 0 saturated heterocycles. The lowest BCUT2D eigenvalue weighted by Crippen LogP contribution is -2.02. The molecule has 0 atom stereocenters. The SMILES string of the molecule is COC(=O)c1c(C)c(-c2cccnc2)n2ccccc12. The second kappa shape index (κ2) is 4.81. The van der Waals surface area contributed by atoms with Gasteiger partial charge in [0.15, 0.2) is 0 Å². The molecule has 3 aromatic heterocycles. The summed E-state index contributed by atoms with van der Waals surface area (Å²) in [5, 5.41) is 0. The average molecular weight is 266 g/mol. The molecule has 4 heteroatoms. The fraction of sp³-hybridized carbons (Fsp3) is 0.125. The van der Waals surface area contributed by atoms with Gasteiger partial charge in [-0.2, -0.15) is 0 Å². The standard InChI is InChI=1S/C16H14N2O2/c1-11-14(16(19)20-2)13-7-3-4-9-18(13)15(11)12-6-5-8-17-10-12/h3-10H,1-2H3. The van der Waals surface area contributed by atoms with Crippen LogP contribution >= 0.6 is 0 Å². The van der Waals surface area contributed by atoms with Gasteiger partial charge in [-0.15, -0.1) is 0 Å². The summed E-state index contributed by atoms with van der Waals surface area (Å²) in [4.78, 5) is 16.2. The number of esters is 1. The van der Waals surface area contributed by atoms with Crippen molar-refractivity contribution < 1.29 is 9.53 Å². The van der Waals surface area contributed by atoms with E-state index in [-0.39, 0.29) is 5.97 Å². The minimum absolute atomic E-state index is 0.318. The largest absolute Gasteiger partial charge is 0.465 e. The van der Waals surface area contributed by atoms with Crippen molar-refractivity contribution in [3.05, 3.63) is 60.0 Å². The Bertz CT molecular complexity index is 776. The van der Waals surface area contributed by atoms with Gasteiger partial charge in [-0.1, -0.05) is 6.07 Å². The lowest BCUT2D eigenvalue weighted by Gasteiger charge is -2.03. The Hall–Kier alpha value is -2.62.